The van der Waals surface area contributed by atoms with Gasteiger partial charge in [0.1, 0.15) is 5.82 Å². The van der Waals surface area contributed by atoms with Crippen molar-refractivity contribution in [3.05, 3.63) is 52.3 Å². The lowest BCUT2D eigenvalue weighted by Gasteiger charge is -2.09. The van der Waals surface area contributed by atoms with Crippen LogP contribution in [0.3, 0.4) is 0 Å². The fourth-order valence-corrected chi connectivity index (χ4v) is 2.09. The molecule has 3 rings (SSSR count). The van der Waals surface area contributed by atoms with Gasteiger partial charge in [-0.3, -0.25) is 9.36 Å². The van der Waals surface area contributed by atoms with Crippen molar-refractivity contribution in [3.8, 4) is 0 Å². The Balaban J connectivity index is 1.95. The van der Waals surface area contributed by atoms with Gasteiger partial charge in [-0.25, -0.2) is 9.37 Å². The number of nitrogens with zero attached hydrogens (tertiary/aromatic N) is 3. The molecule has 1 aromatic carbocycles. The number of aromatic amines is 1. The van der Waals surface area contributed by atoms with Crippen LogP contribution in [0, 0.1) is 5.82 Å². The van der Waals surface area contributed by atoms with Crippen molar-refractivity contribution in [1.82, 2.24) is 19.5 Å². The number of anilines is 1. The van der Waals surface area contributed by atoms with Crippen molar-refractivity contribution in [2.24, 2.45) is 0 Å². The van der Waals surface area contributed by atoms with Gasteiger partial charge in [0.25, 0.3) is 5.56 Å². The van der Waals surface area contributed by atoms with E-state index in [0.717, 1.165) is 0 Å². The molecule has 3 N–H and O–H groups in total. The first-order valence-electron chi connectivity index (χ1n) is 6.09. The third kappa shape index (κ3) is 2.03. The molecule has 0 saturated heterocycles. The molecule has 0 unspecified atom stereocenters. The molecule has 0 amide bonds. The van der Waals surface area contributed by atoms with E-state index in [1.54, 1.807) is 18.2 Å². The molecule has 0 spiro atoms. The molecule has 2 heterocycles. The topological polar surface area (TPSA) is 89.6 Å². The van der Waals surface area contributed by atoms with Crippen LogP contribution in [0.4, 0.5) is 10.3 Å². The fraction of sp³-hybridized carbons (Fsp3) is 0.154. The summed E-state index contributed by atoms with van der Waals surface area (Å²) in [6, 6.07) is 6.44. The minimum Gasteiger partial charge on any atom is -0.369 e. The maximum absolute atomic E-state index is 13.5. The number of hydrogen-bond donors (Lipinski definition) is 2. The first-order valence-corrected chi connectivity index (χ1v) is 6.09. The smallest absolute Gasteiger partial charge is 0.280 e. The van der Waals surface area contributed by atoms with E-state index in [0.29, 0.717) is 17.5 Å². The summed E-state index contributed by atoms with van der Waals surface area (Å²) in [4.78, 5) is 22.9. The van der Waals surface area contributed by atoms with Gasteiger partial charge in [-0.05, 0) is 18.1 Å². The maximum atomic E-state index is 13.5. The number of nitrogens with two attached hydrogens (primary N) is 1. The Morgan fingerprint density at radius 3 is 2.95 bits per heavy atom. The van der Waals surface area contributed by atoms with Crippen molar-refractivity contribution in [3.63, 3.8) is 0 Å². The first-order chi connectivity index (χ1) is 9.66. The van der Waals surface area contributed by atoms with E-state index in [9.17, 15) is 9.18 Å². The van der Waals surface area contributed by atoms with Crippen LogP contribution in [0.15, 0.2) is 35.4 Å². The normalized spacial score (nSPS) is 11.1. The van der Waals surface area contributed by atoms with E-state index in [1.807, 2.05) is 0 Å². The van der Waals surface area contributed by atoms with Crippen LogP contribution < -0.4 is 11.3 Å². The van der Waals surface area contributed by atoms with E-state index >= 15 is 0 Å². The van der Waals surface area contributed by atoms with Crippen molar-refractivity contribution >= 4 is 17.1 Å². The van der Waals surface area contributed by atoms with E-state index in [4.69, 9.17) is 5.73 Å². The Kier molecular flexibility index (Phi) is 2.94. The highest BCUT2D eigenvalue weighted by Gasteiger charge is 2.11. The minimum absolute atomic E-state index is 0.0749. The van der Waals surface area contributed by atoms with Crippen LogP contribution in [0.2, 0.25) is 0 Å². The highest BCUT2D eigenvalue weighted by molar-refractivity contribution is 5.69. The van der Waals surface area contributed by atoms with Crippen LogP contribution in [0.5, 0.6) is 0 Å². The lowest BCUT2D eigenvalue weighted by molar-refractivity contribution is 0.590. The first kappa shape index (κ1) is 12.3. The Bertz CT molecular complexity index is 823. The molecular weight excluding hydrogens is 261 g/mol. The molecule has 6 nitrogen and oxygen atoms in total. The number of fused-ring (bicyclic) bond motifs is 1. The van der Waals surface area contributed by atoms with Gasteiger partial charge in [-0.2, -0.15) is 4.98 Å². The molecular formula is C13H12FN5O. The number of H-pyrrole nitrogens is 1. The second-order valence-corrected chi connectivity index (χ2v) is 4.37. The number of nitrogen functional groups attached to an aromatic ring is 1. The number of hydrogen-bond acceptors (Lipinski definition) is 4. The molecule has 2 aromatic heterocycles. The number of imidazole rings is 1. The molecule has 0 bridgehead atoms. The SMILES string of the molecule is Nc1nc2nc[nH]c2c(=O)n1CCc1ccccc1F. The summed E-state index contributed by atoms with van der Waals surface area (Å²) in [5.74, 6) is -0.222. The van der Waals surface area contributed by atoms with Gasteiger partial charge >= 0.3 is 0 Å². The number of nitrogens with one attached hydrogen (secondary N) is 1. The third-order valence-corrected chi connectivity index (χ3v) is 3.14. The van der Waals surface area contributed by atoms with Gasteiger partial charge in [-0.15, -0.1) is 0 Å². The van der Waals surface area contributed by atoms with E-state index in [-0.39, 0.29) is 29.5 Å². The molecule has 0 aliphatic carbocycles. The number of rotatable bonds is 3. The number of benzene rings is 1. The van der Waals surface area contributed by atoms with Crippen LogP contribution in [-0.4, -0.2) is 19.5 Å². The number of aryl methyl sites for hydroxylation is 1. The highest BCUT2D eigenvalue weighted by Crippen LogP contribution is 2.10. The summed E-state index contributed by atoms with van der Waals surface area (Å²) >= 11 is 0. The summed E-state index contributed by atoms with van der Waals surface area (Å²) < 4.78 is 14.9. The lowest BCUT2D eigenvalue weighted by atomic mass is 10.1. The van der Waals surface area contributed by atoms with E-state index in [1.165, 1.54) is 17.0 Å². The summed E-state index contributed by atoms with van der Waals surface area (Å²) in [7, 11) is 0. The molecule has 20 heavy (non-hydrogen) atoms. The van der Waals surface area contributed by atoms with Gasteiger partial charge in [-0.1, -0.05) is 18.2 Å². The van der Waals surface area contributed by atoms with Gasteiger partial charge < -0.3 is 10.7 Å². The Labute approximate surface area is 113 Å². The summed E-state index contributed by atoms with van der Waals surface area (Å²) in [5, 5.41) is 0. The quantitative estimate of drug-likeness (QED) is 0.747. The Morgan fingerprint density at radius 2 is 2.15 bits per heavy atom. The third-order valence-electron chi connectivity index (χ3n) is 3.14. The van der Waals surface area contributed by atoms with Crippen LogP contribution in [0.1, 0.15) is 5.56 Å². The summed E-state index contributed by atoms with van der Waals surface area (Å²) in [5.41, 5.74) is 6.57. The zero-order valence-electron chi connectivity index (χ0n) is 10.5. The molecule has 0 aliphatic rings. The largest absolute Gasteiger partial charge is 0.369 e. The predicted octanol–water partition coefficient (Wildman–Crippen LogP) is 1.08. The number of halogens is 1. The number of aromatic nitrogens is 4. The monoisotopic (exact) mass is 273 g/mol. The Hall–Kier alpha value is -2.70. The van der Waals surface area contributed by atoms with Crippen LogP contribution >= 0.6 is 0 Å². The summed E-state index contributed by atoms with van der Waals surface area (Å²) in [6.45, 7) is 0.258. The zero-order chi connectivity index (χ0) is 14.1. The molecule has 102 valence electrons. The molecule has 0 fully saturated rings. The second kappa shape index (κ2) is 4.76. The van der Waals surface area contributed by atoms with Crippen molar-refractivity contribution in [1.29, 1.82) is 0 Å². The van der Waals surface area contributed by atoms with Crippen molar-refractivity contribution in [2.75, 3.05) is 5.73 Å². The molecule has 7 heteroatoms. The van der Waals surface area contributed by atoms with Gasteiger partial charge in [0.05, 0.1) is 6.33 Å². The minimum atomic E-state index is -0.304. The van der Waals surface area contributed by atoms with Crippen molar-refractivity contribution in [2.45, 2.75) is 13.0 Å². The molecule has 0 atom stereocenters. The van der Waals surface area contributed by atoms with E-state index in [2.05, 4.69) is 15.0 Å². The van der Waals surface area contributed by atoms with Gasteiger partial charge in [0, 0.05) is 6.54 Å². The standard InChI is InChI=1S/C13H12FN5O/c14-9-4-2-1-3-8(9)5-6-19-12(20)10-11(17-7-16-10)18-13(19)15/h1-4,7H,5-6H2,(H2,15,18)(H,16,17). The average molecular weight is 273 g/mol. The fourth-order valence-electron chi connectivity index (χ4n) is 2.09. The summed E-state index contributed by atoms with van der Waals surface area (Å²) in [6.07, 6.45) is 1.75. The average Bonchev–Trinajstić information content (AvgIpc) is 2.88. The van der Waals surface area contributed by atoms with Gasteiger partial charge in [0.15, 0.2) is 11.2 Å². The predicted molar refractivity (Wildman–Crippen MR) is 72.7 cm³/mol. The van der Waals surface area contributed by atoms with Crippen LogP contribution in [0.25, 0.3) is 11.2 Å². The molecule has 0 radical (unpaired) electrons. The molecule has 0 saturated carbocycles. The lowest BCUT2D eigenvalue weighted by Crippen LogP contribution is -2.25. The molecule has 0 aliphatic heterocycles. The van der Waals surface area contributed by atoms with Crippen molar-refractivity contribution < 1.29 is 4.39 Å². The highest BCUT2D eigenvalue weighted by atomic mass is 19.1. The van der Waals surface area contributed by atoms with Gasteiger partial charge in [0.2, 0.25) is 5.95 Å². The zero-order valence-corrected chi connectivity index (χ0v) is 10.5. The maximum Gasteiger partial charge on any atom is 0.280 e. The van der Waals surface area contributed by atoms with Crippen LogP contribution in [-0.2, 0) is 13.0 Å². The second-order valence-electron chi connectivity index (χ2n) is 4.37. The Morgan fingerprint density at radius 1 is 1.35 bits per heavy atom. The van der Waals surface area contributed by atoms with E-state index < -0.39 is 0 Å². The molecule has 3 aromatic rings.